The molecule has 35 heavy (non-hydrogen) atoms. The summed E-state index contributed by atoms with van der Waals surface area (Å²) < 4.78 is 37.7. The first-order valence-electron chi connectivity index (χ1n) is 11.7. The first-order chi connectivity index (χ1) is 16.5. The molecule has 11 heteroatoms. The van der Waals surface area contributed by atoms with E-state index < -0.39 is 16.5 Å². The zero-order valence-electron chi connectivity index (χ0n) is 20.2. The lowest BCUT2D eigenvalue weighted by Gasteiger charge is -2.44. The summed E-state index contributed by atoms with van der Waals surface area (Å²) in [5, 5.41) is 12.6. The number of benzene rings is 1. The maximum Gasteiger partial charge on any atom is 0.407 e. The fraction of sp³-hybridized carbons (Fsp3) is 0.583. The molecule has 0 aliphatic carbocycles. The standard InChI is InChI=1S/C24H32N2O7S2/c1-24(2,3)21-11-18(8-9-26(21)23(27)28)22-25-19(15-34-22)14-31-20-6-4-16(5-7-20)10-17-12-32-35(29,30)33-13-17/h4-7,15,17-18,21H,8-14H2,1-3H3,(H,27,28). The number of carboxylic acid groups (broad SMARTS) is 1. The third-order valence-electron chi connectivity index (χ3n) is 6.50. The molecule has 2 aliphatic heterocycles. The molecule has 2 aromatic rings. The van der Waals surface area contributed by atoms with Crippen LogP contribution in [0.15, 0.2) is 29.6 Å². The van der Waals surface area contributed by atoms with Gasteiger partial charge in [-0.25, -0.2) is 18.1 Å². The number of likely N-dealkylation sites (tertiary alicyclic amines) is 1. The SMILES string of the molecule is CC(C)(C)C1CC(c2nc(COc3ccc(CC4COS(=O)(=O)OC4)cc3)cs2)CCN1C(=O)O. The smallest absolute Gasteiger partial charge is 0.407 e. The van der Waals surface area contributed by atoms with Crippen LogP contribution in [0.25, 0.3) is 0 Å². The van der Waals surface area contributed by atoms with Crippen molar-refractivity contribution in [3.05, 3.63) is 45.9 Å². The van der Waals surface area contributed by atoms with Gasteiger partial charge in [0.15, 0.2) is 0 Å². The monoisotopic (exact) mass is 524 g/mol. The van der Waals surface area contributed by atoms with Crippen molar-refractivity contribution in [2.24, 2.45) is 11.3 Å². The number of hydrogen-bond donors (Lipinski definition) is 1. The molecule has 0 radical (unpaired) electrons. The third-order valence-corrected chi connectivity index (χ3v) is 8.40. The van der Waals surface area contributed by atoms with E-state index in [2.05, 4.69) is 20.8 Å². The number of carbonyl (C=O) groups is 1. The van der Waals surface area contributed by atoms with Crippen molar-refractivity contribution < 1.29 is 31.4 Å². The Morgan fingerprint density at radius 3 is 2.54 bits per heavy atom. The Balaban J connectivity index is 1.30. The number of aromatic nitrogens is 1. The molecule has 0 bridgehead atoms. The Morgan fingerprint density at radius 1 is 1.23 bits per heavy atom. The van der Waals surface area contributed by atoms with Crippen molar-refractivity contribution in [1.29, 1.82) is 0 Å². The van der Waals surface area contributed by atoms with Crippen molar-refractivity contribution >= 4 is 27.8 Å². The molecule has 3 heterocycles. The molecule has 1 amide bonds. The average Bonchev–Trinajstić information content (AvgIpc) is 3.28. The normalized spacial score (nSPS) is 23.2. The summed E-state index contributed by atoms with van der Waals surface area (Å²) in [5.41, 5.74) is 1.77. The van der Waals surface area contributed by atoms with Gasteiger partial charge in [0.25, 0.3) is 0 Å². The molecule has 192 valence electrons. The Labute approximate surface area is 210 Å². The molecule has 2 unspecified atom stereocenters. The van der Waals surface area contributed by atoms with Crippen molar-refractivity contribution in [2.45, 2.75) is 58.6 Å². The highest BCUT2D eigenvalue weighted by molar-refractivity contribution is 7.81. The summed E-state index contributed by atoms with van der Waals surface area (Å²) in [4.78, 5) is 18.1. The zero-order valence-corrected chi connectivity index (χ0v) is 21.8. The summed E-state index contributed by atoms with van der Waals surface area (Å²) >= 11 is 1.61. The molecule has 2 atom stereocenters. The molecule has 0 spiro atoms. The largest absolute Gasteiger partial charge is 0.487 e. The Morgan fingerprint density at radius 2 is 1.91 bits per heavy atom. The highest BCUT2D eigenvalue weighted by Crippen LogP contribution is 2.40. The van der Waals surface area contributed by atoms with E-state index in [1.807, 2.05) is 29.6 Å². The van der Waals surface area contributed by atoms with Gasteiger partial charge in [-0.05, 0) is 42.4 Å². The highest BCUT2D eigenvalue weighted by atomic mass is 32.3. The maximum atomic E-state index is 11.7. The lowest BCUT2D eigenvalue weighted by Crippen LogP contribution is -2.51. The van der Waals surface area contributed by atoms with E-state index in [0.717, 1.165) is 34.9 Å². The van der Waals surface area contributed by atoms with E-state index in [-0.39, 0.29) is 36.5 Å². The van der Waals surface area contributed by atoms with Crippen molar-refractivity contribution in [2.75, 3.05) is 19.8 Å². The summed E-state index contributed by atoms with van der Waals surface area (Å²) in [6.07, 6.45) is 1.35. The molecule has 1 aromatic carbocycles. The number of thiazole rings is 1. The topological polar surface area (TPSA) is 115 Å². The fourth-order valence-electron chi connectivity index (χ4n) is 4.59. The minimum Gasteiger partial charge on any atom is -0.487 e. The minimum atomic E-state index is -3.82. The van der Waals surface area contributed by atoms with E-state index in [1.54, 1.807) is 16.2 Å². The van der Waals surface area contributed by atoms with Gasteiger partial charge in [0.05, 0.1) is 23.9 Å². The van der Waals surface area contributed by atoms with Crippen LogP contribution in [0.1, 0.15) is 55.8 Å². The van der Waals surface area contributed by atoms with E-state index in [4.69, 9.17) is 18.1 Å². The molecular weight excluding hydrogens is 492 g/mol. The summed E-state index contributed by atoms with van der Waals surface area (Å²) in [6.45, 7) is 7.39. The molecule has 2 aliphatic rings. The second-order valence-corrected chi connectivity index (χ2v) is 12.4. The summed E-state index contributed by atoms with van der Waals surface area (Å²) in [6, 6.07) is 7.64. The number of hydrogen-bond acceptors (Lipinski definition) is 8. The van der Waals surface area contributed by atoms with Gasteiger partial charge in [-0.2, -0.15) is 8.42 Å². The number of rotatable bonds is 6. The summed E-state index contributed by atoms with van der Waals surface area (Å²) in [5.74, 6) is 0.958. The van der Waals surface area contributed by atoms with Gasteiger partial charge in [0, 0.05) is 29.8 Å². The predicted molar refractivity (Wildman–Crippen MR) is 131 cm³/mol. The van der Waals surface area contributed by atoms with Gasteiger partial charge >= 0.3 is 16.5 Å². The van der Waals surface area contributed by atoms with Crippen LogP contribution in [0.3, 0.4) is 0 Å². The average molecular weight is 525 g/mol. The van der Waals surface area contributed by atoms with Crippen LogP contribution in [0.2, 0.25) is 0 Å². The molecule has 1 N–H and O–H groups in total. The van der Waals surface area contributed by atoms with Gasteiger partial charge in [0.1, 0.15) is 12.4 Å². The van der Waals surface area contributed by atoms with E-state index in [9.17, 15) is 18.3 Å². The van der Waals surface area contributed by atoms with Crippen LogP contribution in [-0.2, 0) is 31.8 Å². The van der Waals surface area contributed by atoms with Crippen LogP contribution in [0, 0.1) is 11.3 Å². The van der Waals surface area contributed by atoms with Crippen LogP contribution in [0.4, 0.5) is 4.79 Å². The molecule has 2 saturated heterocycles. The lowest BCUT2D eigenvalue weighted by atomic mass is 9.77. The van der Waals surface area contributed by atoms with Gasteiger partial charge < -0.3 is 14.7 Å². The van der Waals surface area contributed by atoms with Crippen LogP contribution in [-0.4, -0.2) is 55.3 Å². The second-order valence-electron chi connectivity index (χ2n) is 10.2. The van der Waals surface area contributed by atoms with E-state index >= 15 is 0 Å². The molecular formula is C24H32N2O7S2. The minimum absolute atomic E-state index is 0.0148. The van der Waals surface area contributed by atoms with Gasteiger partial charge in [-0.3, -0.25) is 0 Å². The van der Waals surface area contributed by atoms with Crippen LogP contribution in [0.5, 0.6) is 5.75 Å². The molecule has 1 aromatic heterocycles. The Hall–Kier alpha value is -2.21. The van der Waals surface area contributed by atoms with Gasteiger partial charge in [-0.15, -0.1) is 11.3 Å². The number of ether oxygens (including phenoxy) is 1. The van der Waals surface area contributed by atoms with E-state index in [0.29, 0.717) is 19.6 Å². The molecule has 9 nitrogen and oxygen atoms in total. The van der Waals surface area contributed by atoms with Crippen molar-refractivity contribution in [3.8, 4) is 5.75 Å². The highest BCUT2D eigenvalue weighted by Gasteiger charge is 2.39. The van der Waals surface area contributed by atoms with Crippen molar-refractivity contribution in [3.63, 3.8) is 0 Å². The van der Waals surface area contributed by atoms with Crippen LogP contribution >= 0.6 is 11.3 Å². The number of piperidine rings is 1. The van der Waals surface area contributed by atoms with Crippen molar-refractivity contribution in [1.82, 2.24) is 9.88 Å². The third kappa shape index (κ3) is 6.72. The lowest BCUT2D eigenvalue weighted by molar-refractivity contribution is 0.0525. The fourth-order valence-corrected chi connectivity index (χ4v) is 6.33. The summed E-state index contributed by atoms with van der Waals surface area (Å²) in [7, 11) is -3.82. The first kappa shape index (κ1) is 25.9. The Kier molecular flexibility index (Phi) is 7.70. The molecule has 0 saturated carbocycles. The molecule has 4 rings (SSSR count). The number of amides is 1. The second kappa shape index (κ2) is 10.4. The van der Waals surface area contributed by atoms with E-state index in [1.165, 1.54) is 0 Å². The van der Waals surface area contributed by atoms with Crippen LogP contribution < -0.4 is 4.74 Å². The molecule has 2 fully saturated rings. The number of nitrogens with zero attached hydrogens (tertiary/aromatic N) is 2. The van der Waals surface area contributed by atoms with Gasteiger partial charge in [-0.1, -0.05) is 32.9 Å². The zero-order chi connectivity index (χ0) is 25.2. The van der Waals surface area contributed by atoms with Gasteiger partial charge in [0.2, 0.25) is 0 Å². The quantitative estimate of drug-likeness (QED) is 0.590. The first-order valence-corrected chi connectivity index (χ1v) is 13.9. The Bertz CT molecular complexity index is 1110. The maximum absolute atomic E-state index is 11.7. The predicted octanol–water partition coefficient (Wildman–Crippen LogP) is 4.44.